The van der Waals surface area contributed by atoms with Crippen molar-refractivity contribution in [3.05, 3.63) is 40.9 Å². The summed E-state index contributed by atoms with van der Waals surface area (Å²) in [6.07, 6.45) is 5.01. The molecule has 0 aromatic heterocycles. The Kier molecular flexibility index (Phi) is 5.94. The van der Waals surface area contributed by atoms with Gasteiger partial charge in [0.2, 0.25) is 0 Å². The van der Waals surface area contributed by atoms with Gasteiger partial charge in [-0.2, -0.15) is 5.10 Å². The number of rotatable bonds is 5. The zero-order valence-corrected chi connectivity index (χ0v) is 11.1. The van der Waals surface area contributed by atoms with Gasteiger partial charge in [-0.3, -0.25) is 4.79 Å². The molecule has 0 saturated carbocycles. The first kappa shape index (κ1) is 14.3. The lowest BCUT2D eigenvalue weighted by Crippen LogP contribution is -2.24. The second kappa shape index (κ2) is 7.50. The van der Waals surface area contributed by atoms with Crippen molar-refractivity contribution in [2.24, 2.45) is 5.10 Å². The molecular formula is C13H15ClN2O2. The summed E-state index contributed by atoms with van der Waals surface area (Å²) in [4.78, 5) is 11.4. The standard InChI is InChI=1S/C13H15ClN2O2/c1-3-4-7-15-16-13(17)9-18-12-6-5-11(14)8-10(12)2/h3-8H,9H2,1-2H3,(H,16,17)/b4-3-,15-7?. The molecular weight excluding hydrogens is 252 g/mol. The summed E-state index contributed by atoms with van der Waals surface area (Å²) in [5.41, 5.74) is 3.23. The summed E-state index contributed by atoms with van der Waals surface area (Å²) in [7, 11) is 0. The highest BCUT2D eigenvalue weighted by atomic mass is 35.5. The molecule has 96 valence electrons. The largest absolute Gasteiger partial charge is 0.483 e. The Hall–Kier alpha value is -1.81. The van der Waals surface area contributed by atoms with Crippen LogP contribution in [0.25, 0.3) is 0 Å². The van der Waals surface area contributed by atoms with E-state index in [4.69, 9.17) is 16.3 Å². The first-order valence-electron chi connectivity index (χ1n) is 5.45. The maximum absolute atomic E-state index is 11.4. The van der Waals surface area contributed by atoms with Gasteiger partial charge in [-0.25, -0.2) is 5.43 Å². The Morgan fingerprint density at radius 2 is 2.33 bits per heavy atom. The lowest BCUT2D eigenvalue weighted by Gasteiger charge is -2.07. The fourth-order valence-corrected chi connectivity index (χ4v) is 1.42. The fraction of sp³-hybridized carbons (Fsp3) is 0.231. The van der Waals surface area contributed by atoms with E-state index in [0.717, 1.165) is 5.56 Å². The number of hydrogen-bond acceptors (Lipinski definition) is 3. The first-order valence-corrected chi connectivity index (χ1v) is 5.83. The third-order valence-electron chi connectivity index (χ3n) is 2.04. The minimum absolute atomic E-state index is 0.0876. The van der Waals surface area contributed by atoms with Crippen molar-refractivity contribution in [2.75, 3.05) is 6.61 Å². The van der Waals surface area contributed by atoms with E-state index in [1.54, 1.807) is 24.3 Å². The normalized spacial score (nSPS) is 11.1. The van der Waals surface area contributed by atoms with Crippen LogP contribution in [0.4, 0.5) is 0 Å². The number of hydrazone groups is 1. The molecule has 1 rings (SSSR count). The molecule has 0 bridgehead atoms. The SMILES string of the molecule is C/C=C\C=NNC(=O)COc1ccc(Cl)cc1C. The summed E-state index contributed by atoms with van der Waals surface area (Å²) >= 11 is 5.82. The van der Waals surface area contributed by atoms with Crippen LogP contribution in [0.5, 0.6) is 5.75 Å². The molecule has 18 heavy (non-hydrogen) atoms. The molecule has 0 aliphatic carbocycles. The van der Waals surface area contributed by atoms with Gasteiger partial charge in [-0.15, -0.1) is 0 Å². The molecule has 0 radical (unpaired) electrons. The van der Waals surface area contributed by atoms with Crippen molar-refractivity contribution in [3.63, 3.8) is 0 Å². The minimum atomic E-state index is -0.315. The van der Waals surface area contributed by atoms with Gasteiger partial charge in [0.15, 0.2) is 6.61 Å². The molecule has 0 aliphatic heterocycles. The van der Waals surface area contributed by atoms with Gasteiger partial charge < -0.3 is 4.74 Å². The van der Waals surface area contributed by atoms with E-state index in [9.17, 15) is 4.79 Å². The lowest BCUT2D eigenvalue weighted by atomic mass is 10.2. The number of hydrogen-bond donors (Lipinski definition) is 1. The third-order valence-corrected chi connectivity index (χ3v) is 2.27. The Morgan fingerprint density at radius 1 is 1.56 bits per heavy atom. The average Bonchev–Trinajstić information content (AvgIpc) is 2.33. The number of carbonyl (C=O) groups is 1. The summed E-state index contributed by atoms with van der Waals surface area (Å²) in [5, 5.41) is 4.34. The Morgan fingerprint density at radius 3 is 3.00 bits per heavy atom. The topological polar surface area (TPSA) is 50.7 Å². The molecule has 1 amide bonds. The van der Waals surface area contributed by atoms with Crippen LogP contribution in [-0.4, -0.2) is 18.7 Å². The van der Waals surface area contributed by atoms with Gasteiger partial charge in [0.25, 0.3) is 5.91 Å². The van der Waals surface area contributed by atoms with Gasteiger partial charge in [0.05, 0.1) is 0 Å². The molecule has 0 heterocycles. The summed E-state index contributed by atoms with van der Waals surface area (Å²) in [6.45, 7) is 3.64. The molecule has 0 spiro atoms. The van der Waals surface area contributed by atoms with Crippen LogP contribution in [0, 0.1) is 6.92 Å². The molecule has 0 fully saturated rings. The third kappa shape index (κ3) is 5.01. The zero-order chi connectivity index (χ0) is 13.4. The van der Waals surface area contributed by atoms with Crippen molar-refractivity contribution in [1.82, 2.24) is 5.43 Å². The van der Waals surface area contributed by atoms with Crippen LogP contribution in [0.1, 0.15) is 12.5 Å². The van der Waals surface area contributed by atoms with E-state index in [1.807, 2.05) is 19.9 Å². The molecule has 5 heteroatoms. The molecule has 1 aromatic rings. The van der Waals surface area contributed by atoms with E-state index >= 15 is 0 Å². The predicted octanol–water partition coefficient (Wildman–Crippen LogP) is 2.71. The monoisotopic (exact) mass is 266 g/mol. The second-order valence-corrected chi connectivity index (χ2v) is 3.97. The number of aryl methyl sites for hydroxylation is 1. The molecule has 0 saturated heterocycles. The summed E-state index contributed by atoms with van der Waals surface area (Å²) in [5.74, 6) is 0.317. The number of amides is 1. The molecule has 0 unspecified atom stereocenters. The van der Waals surface area contributed by atoms with E-state index in [1.165, 1.54) is 6.21 Å². The van der Waals surface area contributed by atoms with Gasteiger partial charge in [0, 0.05) is 11.2 Å². The van der Waals surface area contributed by atoms with Crippen LogP contribution >= 0.6 is 11.6 Å². The summed E-state index contributed by atoms with van der Waals surface area (Å²) < 4.78 is 5.35. The highest BCUT2D eigenvalue weighted by Gasteiger charge is 2.04. The zero-order valence-electron chi connectivity index (χ0n) is 10.3. The van der Waals surface area contributed by atoms with Crippen LogP contribution in [-0.2, 0) is 4.79 Å². The minimum Gasteiger partial charge on any atom is -0.483 e. The van der Waals surface area contributed by atoms with Gasteiger partial charge in [-0.05, 0) is 43.7 Å². The number of ether oxygens (including phenoxy) is 1. The quantitative estimate of drug-likeness (QED) is 0.658. The van der Waals surface area contributed by atoms with Gasteiger partial charge in [0.1, 0.15) is 5.75 Å². The molecule has 0 atom stereocenters. The number of allylic oxidation sites excluding steroid dienone is 2. The number of nitrogens with one attached hydrogen (secondary N) is 1. The average molecular weight is 267 g/mol. The first-order chi connectivity index (χ1) is 8.63. The fourth-order valence-electron chi connectivity index (χ4n) is 1.19. The Balaban J connectivity index is 2.42. The predicted molar refractivity (Wildman–Crippen MR) is 73.1 cm³/mol. The van der Waals surface area contributed by atoms with Crippen molar-refractivity contribution in [3.8, 4) is 5.75 Å². The maximum atomic E-state index is 11.4. The highest BCUT2D eigenvalue weighted by molar-refractivity contribution is 6.30. The van der Waals surface area contributed by atoms with Crippen LogP contribution in [0.3, 0.4) is 0 Å². The molecule has 1 N–H and O–H groups in total. The maximum Gasteiger partial charge on any atom is 0.277 e. The lowest BCUT2D eigenvalue weighted by molar-refractivity contribution is -0.123. The van der Waals surface area contributed by atoms with E-state index in [2.05, 4.69) is 10.5 Å². The number of carbonyl (C=O) groups excluding carboxylic acids is 1. The number of benzene rings is 1. The molecule has 1 aromatic carbocycles. The van der Waals surface area contributed by atoms with E-state index < -0.39 is 0 Å². The number of halogens is 1. The summed E-state index contributed by atoms with van der Waals surface area (Å²) in [6, 6.07) is 5.22. The van der Waals surface area contributed by atoms with Crippen molar-refractivity contribution >= 4 is 23.7 Å². The van der Waals surface area contributed by atoms with E-state index in [-0.39, 0.29) is 12.5 Å². The van der Waals surface area contributed by atoms with Crippen LogP contribution in [0.2, 0.25) is 5.02 Å². The van der Waals surface area contributed by atoms with Crippen molar-refractivity contribution in [2.45, 2.75) is 13.8 Å². The molecule has 0 aliphatic rings. The van der Waals surface area contributed by atoms with Crippen molar-refractivity contribution in [1.29, 1.82) is 0 Å². The Labute approximate surface area is 111 Å². The van der Waals surface area contributed by atoms with Crippen LogP contribution in [0.15, 0.2) is 35.5 Å². The van der Waals surface area contributed by atoms with E-state index in [0.29, 0.717) is 10.8 Å². The van der Waals surface area contributed by atoms with Crippen molar-refractivity contribution < 1.29 is 9.53 Å². The van der Waals surface area contributed by atoms with Crippen LogP contribution < -0.4 is 10.2 Å². The highest BCUT2D eigenvalue weighted by Crippen LogP contribution is 2.21. The molecule has 4 nitrogen and oxygen atoms in total. The Bertz CT molecular complexity index is 470. The smallest absolute Gasteiger partial charge is 0.277 e. The second-order valence-electron chi connectivity index (χ2n) is 3.54. The van der Waals surface area contributed by atoms with Gasteiger partial charge in [-0.1, -0.05) is 17.7 Å². The van der Waals surface area contributed by atoms with Gasteiger partial charge >= 0.3 is 0 Å². The number of nitrogens with zero attached hydrogens (tertiary/aromatic N) is 1.